The van der Waals surface area contributed by atoms with Crippen LogP contribution in [0.4, 0.5) is 0 Å². The Morgan fingerprint density at radius 1 is 0.810 bits per heavy atom. The van der Waals surface area contributed by atoms with Crippen molar-refractivity contribution in [2.24, 2.45) is 0 Å². The van der Waals surface area contributed by atoms with Gasteiger partial charge in [0.25, 0.3) is 0 Å². The highest BCUT2D eigenvalue weighted by molar-refractivity contribution is 5.72. The van der Waals surface area contributed by atoms with E-state index < -0.39 is 0 Å². The summed E-state index contributed by atoms with van der Waals surface area (Å²) in [7, 11) is 0. The Kier molecular flexibility index (Phi) is 2.68. The molecule has 1 aromatic heterocycles. The van der Waals surface area contributed by atoms with Gasteiger partial charge in [-0.2, -0.15) is 4.57 Å². The molecule has 0 unspecified atom stereocenters. The fourth-order valence-electron chi connectivity index (χ4n) is 3.31. The average molecular weight is 272 g/mol. The molecule has 0 fully saturated rings. The van der Waals surface area contributed by atoms with E-state index in [0.717, 1.165) is 6.54 Å². The quantitative estimate of drug-likeness (QED) is 0.455. The van der Waals surface area contributed by atoms with Crippen LogP contribution < -0.4 is 4.57 Å². The van der Waals surface area contributed by atoms with Gasteiger partial charge < -0.3 is 0 Å². The second-order valence-electron chi connectivity index (χ2n) is 5.96. The molecule has 1 nitrogen and oxygen atoms in total. The van der Waals surface area contributed by atoms with Crippen LogP contribution in [0.3, 0.4) is 0 Å². The van der Waals surface area contributed by atoms with E-state index in [1.165, 1.54) is 39.1 Å². The second-order valence-corrected chi connectivity index (χ2v) is 5.96. The highest BCUT2D eigenvalue weighted by Crippen LogP contribution is 2.30. The van der Waals surface area contributed by atoms with Crippen molar-refractivity contribution in [3.05, 3.63) is 77.5 Å². The molecule has 4 rings (SSSR count). The second kappa shape index (κ2) is 4.56. The van der Waals surface area contributed by atoms with E-state index in [-0.39, 0.29) is 0 Å². The summed E-state index contributed by atoms with van der Waals surface area (Å²) in [6.45, 7) is 5.31. The van der Waals surface area contributed by atoms with Crippen LogP contribution in [0, 0.1) is 13.8 Å². The van der Waals surface area contributed by atoms with Gasteiger partial charge in [-0.3, -0.25) is 0 Å². The molecule has 0 N–H and O–H groups in total. The van der Waals surface area contributed by atoms with E-state index in [4.69, 9.17) is 0 Å². The third-order valence-corrected chi connectivity index (χ3v) is 4.22. The number of benzene rings is 2. The van der Waals surface area contributed by atoms with Crippen LogP contribution in [0.25, 0.3) is 22.4 Å². The Morgan fingerprint density at radius 2 is 1.57 bits per heavy atom. The van der Waals surface area contributed by atoms with Gasteiger partial charge in [0.05, 0.1) is 5.56 Å². The van der Waals surface area contributed by atoms with Crippen molar-refractivity contribution in [3.63, 3.8) is 0 Å². The average Bonchev–Trinajstić information content (AvgIpc) is 2.84. The lowest BCUT2D eigenvalue weighted by molar-refractivity contribution is -0.672. The van der Waals surface area contributed by atoms with Gasteiger partial charge in [-0.25, -0.2) is 0 Å². The molecular weight excluding hydrogens is 254 g/mol. The van der Waals surface area contributed by atoms with Gasteiger partial charge in [-0.1, -0.05) is 47.5 Å². The topological polar surface area (TPSA) is 3.88 Å². The summed E-state index contributed by atoms with van der Waals surface area (Å²) < 4.78 is 2.33. The van der Waals surface area contributed by atoms with Crippen molar-refractivity contribution in [3.8, 4) is 22.4 Å². The monoisotopic (exact) mass is 272 g/mol. The minimum atomic E-state index is 0.985. The van der Waals surface area contributed by atoms with Crippen molar-refractivity contribution >= 4 is 0 Å². The molecule has 0 amide bonds. The molecule has 102 valence electrons. The van der Waals surface area contributed by atoms with Crippen LogP contribution in [0.15, 0.2) is 60.8 Å². The minimum Gasteiger partial charge on any atom is -0.194 e. The van der Waals surface area contributed by atoms with E-state index >= 15 is 0 Å². The number of rotatable bonds is 1. The molecule has 0 atom stereocenters. The first-order valence-corrected chi connectivity index (χ1v) is 7.41. The molecule has 2 heterocycles. The molecule has 1 aliphatic heterocycles. The van der Waals surface area contributed by atoms with Crippen LogP contribution in [0.5, 0.6) is 0 Å². The molecule has 0 aliphatic carbocycles. The molecule has 0 saturated carbocycles. The van der Waals surface area contributed by atoms with Gasteiger partial charge in [0, 0.05) is 17.7 Å². The van der Waals surface area contributed by atoms with E-state index in [0.29, 0.717) is 0 Å². The molecule has 1 heteroatoms. The fourth-order valence-corrected chi connectivity index (χ4v) is 3.31. The molecule has 0 saturated heterocycles. The Labute approximate surface area is 125 Å². The summed E-state index contributed by atoms with van der Waals surface area (Å²) >= 11 is 0. The maximum Gasteiger partial charge on any atom is 0.213 e. The van der Waals surface area contributed by atoms with Crippen LogP contribution in [0.1, 0.15) is 16.7 Å². The Balaban J connectivity index is 1.88. The molecule has 0 spiro atoms. The standard InChI is InChI=1S/C20H18N/c1-14-9-15(2)11-18(10-14)16-7-8-21-13-17-5-3-4-6-19(17)20(21)12-16/h3-12H,13H2,1-2H3/q+1. The summed E-state index contributed by atoms with van der Waals surface area (Å²) in [5.74, 6) is 0. The summed E-state index contributed by atoms with van der Waals surface area (Å²) in [6.07, 6.45) is 2.21. The third-order valence-electron chi connectivity index (χ3n) is 4.22. The van der Waals surface area contributed by atoms with Gasteiger partial charge >= 0.3 is 0 Å². The Bertz CT molecular complexity index is 826. The van der Waals surface area contributed by atoms with Crippen LogP contribution in [-0.4, -0.2) is 0 Å². The molecule has 2 aromatic carbocycles. The minimum absolute atomic E-state index is 0.985. The van der Waals surface area contributed by atoms with Crippen molar-refractivity contribution in [2.75, 3.05) is 0 Å². The zero-order valence-electron chi connectivity index (χ0n) is 12.4. The molecule has 0 radical (unpaired) electrons. The Hall–Kier alpha value is -2.41. The van der Waals surface area contributed by atoms with Gasteiger partial charge in [0.2, 0.25) is 5.69 Å². The number of hydrogen-bond acceptors (Lipinski definition) is 0. The molecule has 1 aliphatic rings. The zero-order valence-corrected chi connectivity index (χ0v) is 12.4. The largest absolute Gasteiger partial charge is 0.213 e. The first-order chi connectivity index (χ1) is 10.2. The number of nitrogens with zero attached hydrogens (tertiary/aromatic N) is 1. The maximum atomic E-state index is 2.33. The van der Waals surface area contributed by atoms with Crippen molar-refractivity contribution < 1.29 is 4.57 Å². The molecular formula is C20H18N+. The summed E-state index contributed by atoms with van der Waals surface area (Å²) in [4.78, 5) is 0. The first-order valence-electron chi connectivity index (χ1n) is 7.41. The Morgan fingerprint density at radius 3 is 2.38 bits per heavy atom. The predicted molar refractivity (Wildman–Crippen MR) is 86.1 cm³/mol. The summed E-state index contributed by atoms with van der Waals surface area (Å²) in [5, 5.41) is 0. The number of hydrogen-bond donors (Lipinski definition) is 0. The molecule has 0 bridgehead atoms. The highest BCUT2D eigenvalue weighted by Gasteiger charge is 2.25. The van der Waals surface area contributed by atoms with E-state index in [1.54, 1.807) is 0 Å². The first kappa shape index (κ1) is 12.3. The third kappa shape index (κ3) is 2.06. The highest BCUT2D eigenvalue weighted by atomic mass is 15.0. The van der Waals surface area contributed by atoms with Gasteiger partial charge in [0.1, 0.15) is 0 Å². The number of aromatic nitrogens is 1. The van der Waals surface area contributed by atoms with Crippen LogP contribution in [-0.2, 0) is 6.54 Å². The van der Waals surface area contributed by atoms with Gasteiger partial charge in [0.15, 0.2) is 12.7 Å². The van der Waals surface area contributed by atoms with E-state index in [2.05, 4.69) is 79.2 Å². The molecule has 21 heavy (non-hydrogen) atoms. The van der Waals surface area contributed by atoms with Crippen molar-refractivity contribution in [2.45, 2.75) is 20.4 Å². The van der Waals surface area contributed by atoms with Gasteiger partial charge in [-0.05, 0) is 31.0 Å². The zero-order chi connectivity index (χ0) is 14.4. The van der Waals surface area contributed by atoms with Crippen molar-refractivity contribution in [1.82, 2.24) is 0 Å². The van der Waals surface area contributed by atoms with Gasteiger partial charge in [-0.15, -0.1) is 0 Å². The summed E-state index contributed by atoms with van der Waals surface area (Å²) in [6, 6.07) is 20.0. The van der Waals surface area contributed by atoms with Crippen molar-refractivity contribution in [1.29, 1.82) is 0 Å². The van der Waals surface area contributed by atoms with Crippen LogP contribution >= 0.6 is 0 Å². The lowest BCUT2D eigenvalue weighted by Gasteiger charge is -2.05. The molecule has 3 aromatic rings. The lowest BCUT2D eigenvalue weighted by Crippen LogP contribution is -2.31. The van der Waals surface area contributed by atoms with E-state index in [9.17, 15) is 0 Å². The summed E-state index contributed by atoms with van der Waals surface area (Å²) in [5.41, 5.74) is 9.34. The predicted octanol–water partition coefficient (Wildman–Crippen LogP) is 4.29. The number of fused-ring (bicyclic) bond motifs is 3. The number of pyridine rings is 1. The van der Waals surface area contributed by atoms with E-state index in [1.807, 2.05) is 0 Å². The fraction of sp³-hybridized carbons (Fsp3) is 0.150. The van der Waals surface area contributed by atoms with Crippen LogP contribution in [0.2, 0.25) is 0 Å². The maximum absolute atomic E-state index is 2.33. The lowest BCUT2D eigenvalue weighted by atomic mass is 9.99. The smallest absolute Gasteiger partial charge is 0.194 e. The SMILES string of the molecule is Cc1cc(C)cc(-c2cc[n+]3c(c2)-c2ccccc2C3)c1. The normalized spacial score (nSPS) is 12.1. The number of aryl methyl sites for hydroxylation is 2.